The van der Waals surface area contributed by atoms with Crippen LogP contribution in [0.5, 0.6) is 0 Å². The van der Waals surface area contributed by atoms with Gasteiger partial charge in [0.25, 0.3) is 0 Å². The standard InChI is InChI=1S/C28H26ClFN4O2/c1-28(2,3)26-23(17-34(33-26)11-12-36-27(35)31-4)21-14-20-13-18(6-10-25(20)32-16-21)5-7-19-15-22(29)8-9-24(19)30/h6,8-10,13-17H,11-12H2,1-4H3,(H,31,35). The zero-order valence-electron chi connectivity index (χ0n) is 20.5. The summed E-state index contributed by atoms with van der Waals surface area (Å²) in [5.41, 5.74) is 4.37. The second-order valence-electron chi connectivity index (χ2n) is 9.30. The molecule has 2 heterocycles. The minimum Gasteiger partial charge on any atom is -0.448 e. The lowest BCUT2D eigenvalue weighted by atomic mass is 9.87. The number of nitrogens with zero attached hydrogens (tertiary/aromatic N) is 3. The highest BCUT2D eigenvalue weighted by atomic mass is 35.5. The zero-order valence-corrected chi connectivity index (χ0v) is 21.3. The van der Waals surface area contributed by atoms with Crippen molar-refractivity contribution in [1.29, 1.82) is 0 Å². The van der Waals surface area contributed by atoms with Crippen LogP contribution in [-0.2, 0) is 16.7 Å². The number of aromatic nitrogens is 3. The highest BCUT2D eigenvalue weighted by Crippen LogP contribution is 2.33. The highest BCUT2D eigenvalue weighted by Gasteiger charge is 2.23. The number of rotatable bonds is 4. The van der Waals surface area contributed by atoms with Gasteiger partial charge in [0.2, 0.25) is 0 Å². The van der Waals surface area contributed by atoms with Gasteiger partial charge in [-0.1, -0.05) is 44.2 Å². The molecule has 0 spiro atoms. The Kier molecular flexibility index (Phi) is 7.27. The number of carbonyl (C=O) groups excluding carboxylic acids is 1. The van der Waals surface area contributed by atoms with E-state index in [9.17, 15) is 9.18 Å². The monoisotopic (exact) mass is 504 g/mol. The molecule has 0 radical (unpaired) electrons. The summed E-state index contributed by atoms with van der Waals surface area (Å²) >= 11 is 5.97. The number of ether oxygens (including phenoxy) is 1. The van der Waals surface area contributed by atoms with Gasteiger partial charge in [-0.25, -0.2) is 9.18 Å². The minimum atomic E-state index is -0.478. The normalized spacial score (nSPS) is 11.2. The van der Waals surface area contributed by atoms with Crippen LogP contribution in [0.15, 0.2) is 54.9 Å². The van der Waals surface area contributed by atoms with Crippen molar-refractivity contribution in [2.24, 2.45) is 0 Å². The number of fused-ring (bicyclic) bond motifs is 1. The van der Waals surface area contributed by atoms with Crippen LogP contribution in [0, 0.1) is 17.7 Å². The molecule has 2 aromatic heterocycles. The van der Waals surface area contributed by atoms with E-state index in [1.54, 1.807) is 4.68 Å². The Hall–Kier alpha value is -3.89. The van der Waals surface area contributed by atoms with Crippen LogP contribution in [0.4, 0.5) is 9.18 Å². The highest BCUT2D eigenvalue weighted by molar-refractivity contribution is 6.30. The first-order chi connectivity index (χ1) is 17.1. The van der Waals surface area contributed by atoms with E-state index in [-0.39, 0.29) is 17.6 Å². The Morgan fingerprint density at radius 3 is 2.72 bits per heavy atom. The van der Waals surface area contributed by atoms with Gasteiger partial charge in [-0.05, 0) is 42.5 Å². The molecule has 0 aliphatic heterocycles. The van der Waals surface area contributed by atoms with Gasteiger partial charge in [0.05, 0.1) is 23.3 Å². The number of halogens is 2. The molecule has 36 heavy (non-hydrogen) atoms. The van der Waals surface area contributed by atoms with Gasteiger partial charge >= 0.3 is 6.09 Å². The SMILES string of the molecule is CNC(=O)OCCn1cc(-c2cnc3ccc(C#Cc4cc(Cl)ccc4F)cc3c2)c(C(C)(C)C)n1. The summed E-state index contributed by atoms with van der Waals surface area (Å²) in [6.45, 7) is 6.93. The van der Waals surface area contributed by atoms with Crippen LogP contribution in [0.25, 0.3) is 22.0 Å². The number of benzene rings is 2. The molecular weight excluding hydrogens is 479 g/mol. The van der Waals surface area contributed by atoms with Crippen molar-refractivity contribution >= 4 is 28.6 Å². The molecule has 0 bridgehead atoms. The fourth-order valence-electron chi connectivity index (χ4n) is 3.69. The number of nitrogens with one attached hydrogen (secondary N) is 1. The molecule has 0 aliphatic rings. The van der Waals surface area contributed by atoms with Gasteiger partial charge in [0.15, 0.2) is 0 Å². The Morgan fingerprint density at radius 2 is 1.97 bits per heavy atom. The van der Waals surface area contributed by atoms with Crippen LogP contribution < -0.4 is 5.32 Å². The molecule has 0 fully saturated rings. The summed E-state index contributed by atoms with van der Waals surface area (Å²) < 4.78 is 20.9. The number of hydrogen-bond donors (Lipinski definition) is 1. The second-order valence-corrected chi connectivity index (χ2v) is 9.73. The molecule has 0 atom stereocenters. The van der Waals surface area contributed by atoms with Crippen molar-refractivity contribution in [3.8, 4) is 23.0 Å². The van der Waals surface area contributed by atoms with E-state index in [1.165, 1.54) is 25.2 Å². The largest absolute Gasteiger partial charge is 0.448 e. The van der Waals surface area contributed by atoms with Gasteiger partial charge in [0.1, 0.15) is 12.4 Å². The van der Waals surface area contributed by atoms with Crippen molar-refractivity contribution in [3.63, 3.8) is 0 Å². The molecule has 1 amide bonds. The molecule has 0 saturated heterocycles. The van der Waals surface area contributed by atoms with Gasteiger partial charge in [0, 0.05) is 52.0 Å². The third-order valence-electron chi connectivity index (χ3n) is 5.49. The Bertz CT molecular complexity index is 1500. The molecule has 8 heteroatoms. The lowest BCUT2D eigenvalue weighted by Crippen LogP contribution is -2.21. The smallest absolute Gasteiger partial charge is 0.406 e. The molecule has 4 aromatic rings. The molecule has 0 unspecified atom stereocenters. The van der Waals surface area contributed by atoms with Gasteiger partial charge in [-0.2, -0.15) is 5.10 Å². The predicted octanol–water partition coefficient (Wildman–Crippen LogP) is 5.94. The number of pyridine rings is 1. The van der Waals surface area contributed by atoms with Crippen LogP contribution in [0.2, 0.25) is 5.02 Å². The van der Waals surface area contributed by atoms with Crippen molar-refractivity contribution < 1.29 is 13.9 Å². The average molecular weight is 505 g/mol. The lowest BCUT2D eigenvalue weighted by molar-refractivity contribution is 0.143. The van der Waals surface area contributed by atoms with Crippen molar-refractivity contribution in [2.45, 2.75) is 32.7 Å². The number of amides is 1. The van der Waals surface area contributed by atoms with Gasteiger partial charge in [-0.15, -0.1) is 0 Å². The van der Waals surface area contributed by atoms with E-state index in [2.05, 4.69) is 42.9 Å². The maximum Gasteiger partial charge on any atom is 0.406 e. The number of carbonyl (C=O) groups is 1. The second kappa shape index (κ2) is 10.4. The topological polar surface area (TPSA) is 69.0 Å². The average Bonchev–Trinajstić information content (AvgIpc) is 3.29. The van der Waals surface area contributed by atoms with E-state index in [4.69, 9.17) is 21.4 Å². The van der Waals surface area contributed by atoms with Crippen molar-refractivity contribution in [1.82, 2.24) is 20.1 Å². The van der Waals surface area contributed by atoms with E-state index in [0.717, 1.165) is 33.3 Å². The molecule has 2 aromatic carbocycles. The van der Waals surface area contributed by atoms with Crippen LogP contribution in [0.1, 0.15) is 37.6 Å². The number of alkyl carbamates (subject to hydrolysis) is 1. The number of hydrogen-bond acceptors (Lipinski definition) is 4. The van der Waals surface area contributed by atoms with E-state index >= 15 is 0 Å². The predicted molar refractivity (Wildman–Crippen MR) is 139 cm³/mol. The molecule has 1 N–H and O–H groups in total. The fourth-order valence-corrected chi connectivity index (χ4v) is 3.87. The van der Waals surface area contributed by atoms with Crippen LogP contribution >= 0.6 is 11.6 Å². The van der Waals surface area contributed by atoms with E-state index in [0.29, 0.717) is 11.6 Å². The van der Waals surface area contributed by atoms with Crippen molar-refractivity contribution in [3.05, 3.63) is 82.5 Å². The summed E-state index contributed by atoms with van der Waals surface area (Å²) in [6.07, 6.45) is 3.30. The quantitative estimate of drug-likeness (QED) is 0.349. The summed E-state index contributed by atoms with van der Waals surface area (Å²) in [6, 6.07) is 12.0. The Balaban J connectivity index is 1.68. The summed E-state index contributed by atoms with van der Waals surface area (Å²) in [4.78, 5) is 16.0. The molecular formula is C28H26ClFN4O2. The molecule has 184 valence electrons. The Labute approximate surface area is 214 Å². The third kappa shape index (κ3) is 5.84. The molecule has 4 rings (SSSR count). The summed E-state index contributed by atoms with van der Waals surface area (Å²) in [7, 11) is 1.52. The van der Waals surface area contributed by atoms with E-state index < -0.39 is 11.9 Å². The first-order valence-electron chi connectivity index (χ1n) is 11.4. The first kappa shape index (κ1) is 25.2. The molecule has 6 nitrogen and oxygen atoms in total. The Morgan fingerprint density at radius 1 is 1.17 bits per heavy atom. The van der Waals surface area contributed by atoms with Gasteiger partial charge < -0.3 is 10.1 Å². The maximum atomic E-state index is 14.0. The van der Waals surface area contributed by atoms with Gasteiger partial charge in [-0.3, -0.25) is 9.67 Å². The molecule has 0 saturated carbocycles. The molecule has 0 aliphatic carbocycles. The van der Waals surface area contributed by atoms with Crippen LogP contribution in [-0.4, -0.2) is 34.5 Å². The fraction of sp³-hybridized carbons (Fsp3) is 0.250. The first-order valence-corrected chi connectivity index (χ1v) is 11.8. The lowest BCUT2D eigenvalue weighted by Gasteiger charge is -2.17. The summed E-state index contributed by atoms with van der Waals surface area (Å²) in [5, 5.41) is 8.53. The zero-order chi connectivity index (χ0) is 25.9. The third-order valence-corrected chi connectivity index (χ3v) is 5.73. The van der Waals surface area contributed by atoms with Crippen molar-refractivity contribution in [2.75, 3.05) is 13.7 Å². The van der Waals surface area contributed by atoms with E-state index in [1.807, 2.05) is 36.7 Å². The maximum absolute atomic E-state index is 14.0. The minimum absolute atomic E-state index is 0.204. The van der Waals surface area contributed by atoms with Crippen LogP contribution in [0.3, 0.4) is 0 Å². The summed E-state index contributed by atoms with van der Waals surface area (Å²) in [5.74, 6) is 5.47.